The highest BCUT2D eigenvalue weighted by molar-refractivity contribution is 6.30. The Morgan fingerprint density at radius 1 is 1.18 bits per heavy atom. The number of hydrogen-bond acceptors (Lipinski definition) is 7. The van der Waals surface area contributed by atoms with Gasteiger partial charge in [0.05, 0.1) is 10.5 Å². The van der Waals surface area contributed by atoms with E-state index in [0.717, 1.165) is 6.20 Å². The molecule has 0 spiro atoms. The van der Waals surface area contributed by atoms with Crippen LogP contribution < -0.4 is 10.6 Å². The summed E-state index contributed by atoms with van der Waals surface area (Å²) < 4.78 is 0. The second kappa shape index (κ2) is 8.31. The van der Waals surface area contributed by atoms with Crippen molar-refractivity contribution in [1.29, 1.82) is 0 Å². The number of anilines is 3. The van der Waals surface area contributed by atoms with E-state index < -0.39 is 10.9 Å². The largest absolute Gasteiger partial charge is 0.478 e. The molecule has 0 amide bonds. The molecular formula is C18H14ClN5O4. The van der Waals surface area contributed by atoms with Gasteiger partial charge in [-0.05, 0) is 35.9 Å². The zero-order valence-electron chi connectivity index (χ0n) is 14.3. The van der Waals surface area contributed by atoms with Crippen molar-refractivity contribution in [2.24, 2.45) is 0 Å². The van der Waals surface area contributed by atoms with Crippen molar-refractivity contribution >= 4 is 40.7 Å². The monoisotopic (exact) mass is 399 g/mol. The third kappa shape index (κ3) is 4.51. The number of nitrogens with one attached hydrogen (secondary N) is 2. The van der Waals surface area contributed by atoms with Gasteiger partial charge in [-0.15, -0.1) is 0 Å². The van der Waals surface area contributed by atoms with Gasteiger partial charge in [0.2, 0.25) is 11.8 Å². The first-order chi connectivity index (χ1) is 13.4. The highest BCUT2D eigenvalue weighted by Gasteiger charge is 2.18. The molecule has 0 aliphatic heterocycles. The molecule has 0 atom stereocenters. The van der Waals surface area contributed by atoms with Gasteiger partial charge < -0.3 is 15.7 Å². The first-order valence-corrected chi connectivity index (χ1v) is 8.41. The summed E-state index contributed by atoms with van der Waals surface area (Å²) in [4.78, 5) is 30.1. The maximum Gasteiger partial charge on any atom is 0.336 e. The van der Waals surface area contributed by atoms with Crippen molar-refractivity contribution in [2.45, 2.75) is 6.54 Å². The molecule has 28 heavy (non-hydrogen) atoms. The number of benzene rings is 2. The molecule has 0 saturated carbocycles. The van der Waals surface area contributed by atoms with Crippen LogP contribution in [0.4, 0.5) is 23.1 Å². The summed E-state index contributed by atoms with van der Waals surface area (Å²) in [5.74, 6) is -0.974. The molecule has 0 aliphatic rings. The molecule has 0 saturated heterocycles. The van der Waals surface area contributed by atoms with Gasteiger partial charge >= 0.3 is 11.7 Å². The van der Waals surface area contributed by atoms with E-state index in [2.05, 4.69) is 20.6 Å². The van der Waals surface area contributed by atoms with Gasteiger partial charge in [-0.3, -0.25) is 10.1 Å². The van der Waals surface area contributed by atoms with Crippen LogP contribution in [0.3, 0.4) is 0 Å². The van der Waals surface area contributed by atoms with E-state index >= 15 is 0 Å². The number of carboxylic acid groups (broad SMARTS) is 1. The van der Waals surface area contributed by atoms with E-state index in [1.807, 2.05) is 0 Å². The number of nitro groups is 1. The first-order valence-electron chi connectivity index (χ1n) is 8.03. The summed E-state index contributed by atoms with van der Waals surface area (Å²) in [6, 6.07) is 13.2. The summed E-state index contributed by atoms with van der Waals surface area (Å²) in [6.45, 7) is 0.0424. The van der Waals surface area contributed by atoms with Gasteiger partial charge in [-0.2, -0.15) is 4.98 Å². The minimum Gasteiger partial charge on any atom is -0.478 e. The summed E-state index contributed by atoms with van der Waals surface area (Å²) in [5.41, 5.74) is 0.899. The number of carboxylic acids is 1. The molecule has 0 unspecified atom stereocenters. The van der Waals surface area contributed by atoms with E-state index in [4.69, 9.17) is 11.6 Å². The number of rotatable bonds is 7. The van der Waals surface area contributed by atoms with Gasteiger partial charge in [-0.25, -0.2) is 9.78 Å². The van der Waals surface area contributed by atoms with Crippen molar-refractivity contribution in [2.75, 3.05) is 10.6 Å². The summed E-state index contributed by atoms with van der Waals surface area (Å²) in [7, 11) is 0. The quantitative estimate of drug-likeness (QED) is 0.400. The Hall–Kier alpha value is -3.72. The number of aromatic carboxylic acids is 1. The summed E-state index contributed by atoms with van der Waals surface area (Å²) in [6.07, 6.45) is 1.08. The number of carbonyl (C=O) groups is 1. The van der Waals surface area contributed by atoms with E-state index in [-0.39, 0.29) is 29.6 Å². The lowest BCUT2D eigenvalue weighted by Gasteiger charge is -2.10. The van der Waals surface area contributed by atoms with E-state index in [1.165, 1.54) is 6.07 Å². The van der Waals surface area contributed by atoms with Gasteiger partial charge in [0, 0.05) is 17.3 Å². The minimum absolute atomic E-state index is 0.0309. The van der Waals surface area contributed by atoms with Crippen molar-refractivity contribution < 1.29 is 14.8 Å². The average molecular weight is 400 g/mol. The molecule has 142 valence electrons. The lowest BCUT2D eigenvalue weighted by Crippen LogP contribution is -2.10. The van der Waals surface area contributed by atoms with Crippen LogP contribution in [0, 0.1) is 10.1 Å². The molecule has 10 heteroatoms. The molecule has 0 radical (unpaired) electrons. The highest BCUT2D eigenvalue weighted by Crippen LogP contribution is 2.25. The highest BCUT2D eigenvalue weighted by atomic mass is 35.5. The fraction of sp³-hybridized carbons (Fsp3) is 0.0556. The third-order valence-electron chi connectivity index (χ3n) is 3.76. The third-order valence-corrected chi connectivity index (χ3v) is 4.01. The standard InChI is InChI=1S/C18H14ClN5O4/c19-12-5-7-13(8-6-12)22-18-21-10-15(24(27)28)16(23-18)20-9-11-3-1-2-4-14(11)17(25)26/h1-8,10H,9H2,(H,25,26)(H2,20,21,22,23). The minimum atomic E-state index is -1.08. The van der Waals surface area contributed by atoms with Crippen molar-refractivity contribution in [3.8, 4) is 0 Å². The van der Waals surface area contributed by atoms with Crippen molar-refractivity contribution in [1.82, 2.24) is 9.97 Å². The van der Waals surface area contributed by atoms with Gasteiger partial charge in [0.15, 0.2) is 0 Å². The van der Waals surface area contributed by atoms with Crippen LogP contribution in [0.2, 0.25) is 5.02 Å². The Bertz CT molecular complexity index is 1030. The normalized spacial score (nSPS) is 10.3. The van der Waals surface area contributed by atoms with Gasteiger partial charge in [0.25, 0.3) is 0 Å². The predicted molar refractivity (Wildman–Crippen MR) is 104 cm³/mol. The van der Waals surface area contributed by atoms with Gasteiger partial charge in [0.1, 0.15) is 6.20 Å². The fourth-order valence-corrected chi connectivity index (χ4v) is 2.55. The fourth-order valence-electron chi connectivity index (χ4n) is 2.42. The Balaban J connectivity index is 1.85. The zero-order valence-corrected chi connectivity index (χ0v) is 15.1. The molecule has 2 aromatic carbocycles. The molecule has 3 aromatic rings. The van der Waals surface area contributed by atoms with Crippen LogP contribution in [-0.2, 0) is 6.54 Å². The maximum absolute atomic E-state index is 11.3. The van der Waals surface area contributed by atoms with Crippen LogP contribution in [0.15, 0.2) is 54.7 Å². The number of halogens is 1. The number of nitrogens with zero attached hydrogens (tertiary/aromatic N) is 3. The Morgan fingerprint density at radius 3 is 2.57 bits per heavy atom. The van der Waals surface area contributed by atoms with Crippen molar-refractivity contribution in [3.05, 3.63) is 81.0 Å². The second-order valence-electron chi connectivity index (χ2n) is 5.63. The lowest BCUT2D eigenvalue weighted by atomic mass is 10.1. The molecule has 0 aliphatic carbocycles. The summed E-state index contributed by atoms with van der Waals surface area (Å²) in [5, 5.41) is 26.8. The topological polar surface area (TPSA) is 130 Å². The molecular weight excluding hydrogens is 386 g/mol. The number of aromatic nitrogens is 2. The average Bonchev–Trinajstić information content (AvgIpc) is 2.68. The smallest absolute Gasteiger partial charge is 0.336 e. The van der Waals surface area contributed by atoms with Gasteiger partial charge in [-0.1, -0.05) is 29.8 Å². The molecule has 1 heterocycles. The van der Waals surface area contributed by atoms with Crippen LogP contribution in [-0.4, -0.2) is 26.0 Å². The zero-order chi connectivity index (χ0) is 20.1. The SMILES string of the molecule is O=C(O)c1ccccc1CNc1nc(Nc2ccc(Cl)cc2)ncc1[N+](=O)[O-]. The molecule has 9 nitrogen and oxygen atoms in total. The molecule has 0 fully saturated rings. The Morgan fingerprint density at radius 2 is 1.89 bits per heavy atom. The maximum atomic E-state index is 11.3. The summed E-state index contributed by atoms with van der Waals surface area (Å²) >= 11 is 5.84. The Labute approximate surface area is 164 Å². The van der Waals surface area contributed by atoms with Crippen LogP contribution in [0.1, 0.15) is 15.9 Å². The first kappa shape index (κ1) is 19.1. The predicted octanol–water partition coefficient (Wildman–Crippen LogP) is 4.09. The van der Waals surface area contributed by atoms with Crippen molar-refractivity contribution in [3.63, 3.8) is 0 Å². The van der Waals surface area contributed by atoms with Crippen LogP contribution in [0.25, 0.3) is 0 Å². The Kier molecular flexibility index (Phi) is 5.66. The number of hydrogen-bond donors (Lipinski definition) is 3. The molecule has 1 aromatic heterocycles. The molecule has 0 bridgehead atoms. The van der Waals surface area contributed by atoms with Crippen LogP contribution in [0.5, 0.6) is 0 Å². The molecule has 3 rings (SSSR count). The van der Waals surface area contributed by atoms with E-state index in [0.29, 0.717) is 16.3 Å². The van der Waals surface area contributed by atoms with Crippen LogP contribution >= 0.6 is 11.6 Å². The molecule has 3 N–H and O–H groups in total. The van der Waals surface area contributed by atoms with E-state index in [1.54, 1.807) is 42.5 Å². The van der Waals surface area contributed by atoms with E-state index in [9.17, 15) is 20.0 Å². The lowest BCUT2D eigenvalue weighted by molar-refractivity contribution is -0.384. The second-order valence-corrected chi connectivity index (χ2v) is 6.07.